The van der Waals surface area contributed by atoms with Gasteiger partial charge in [-0.25, -0.2) is 0 Å². The standard InChI is InChI=1S/C19H16N4O/c1-14-6-2-3-8-16(14)12-22-13-17(11-21)19(24)23-18-9-5-4-7-15(18)10-20/h2-9,13,22H,12H2,1H3,(H,23,24)/b17-13-. The Labute approximate surface area is 140 Å². The fraction of sp³-hybridized carbons (Fsp3) is 0.105. The van der Waals surface area contributed by atoms with E-state index in [0.29, 0.717) is 17.8 Å². The topological polar surface area (TPSA) is 88.7 Å². The molecule has 0 bridgehead atoms. The Bertz CT molecular complexity index is 856. The summed E-state index contributed by atoms with van der Waals surface area (Å²) >= 11 is 0. The lowest BCUT2D eigenvalue weighted by Crippen LogP contribution is -2.17. The van der Waals surface area contributed by atoms with Gasteiger partial charge in [0.05, 0.1) is 11.3 Å². The minimum absolute atomic E-state index is 0.0590. The van der Waals surface area contributed by atoms with Crippen molar-refractivity contribution in [2.75, 3.05) is 5.32 Å². The first-order valence-corrected chi connectivity index (χ1v) is 7.34. The van der Waals surface area contributed by atoms with E-state index < -0.39 is 5.91 Å². The maximum Gasteiger partial charge on any atom is 0.267 e. The van der Waals surface area contributed by atoms with Crippen molar-refractivity contribution in [3.63, 3.8) is 0 Å². The van der Waals surface area contributed by atoms with Gasteiger partial charge in [0.2, 0.25) is 0 Å². The van der Waals surface area contributed by atoms with Gasteiger partial charge in [0, 0.05) is 12.7 Å². The van der Waals surface area contributed by atoms with Gasteiger partial charge in [0.1, 0.15) is 17.7 Å². The van der Waals surface area contributed by atoms with Crippen molar-refractivity contribution >= 4 is 11.6 Å². The molecular weight excluding hydrogens is 300 g/mol. The van der Waals surface area contributed by atoms with Gasteiger partial charge in [-0.2, -0.15) is 10.5 Å². The molecule has 0 spiro atoms. The summed E-state index contributed by atoms with van der Waals surface area (Å²) in [5, 5.41) is 23.8. The summed E-state index contributed by atoms with van der Waals surface area (Å²) in [5.41, 5.74) is 2.88. The van der Waals surface area contributed by atoms with E-state index in [-0.39, 0.29) is 5.57 Å². The van der Waals surface area contributed by atoms with Gasteiger partial charge in [0.25, 0.3) is 5.91 Å². The lowest BCUT2D eigenvalue weighted by molar-refractivity contribution is -0.112. The molecule has 2 N–H and O–H groups in total. The minimum Gasteiger partial charge on any atom is -0.386 e. The number of para-hydroxylation sites is 1. The molecule has 0 atom stereocenters. The quantitative estimate of drug-likeness (QED) is 0.655. The van der Waals surface area contributed by atoms with E-state index in [1.165, 1.54) is 6.20 Å². The second kappa shape index (κ2) is 8.17. The largest absolute Gasteiger partial charge is 0.386 e. The molecule has 0 aliphatic rings. The van der Waals surface area contributed by atoms with E-state index in [9.17, 15) is 4.79 Å². The van der Waals surface area contributed by atoms with Gasteiger partial charge in [-0.3, -0.25) is 4.79 Å². The maximum absolute atomic E-state index is 12.2. The van der Waals surface area contributed by atoms with Crippen LogP contribution in [0, 0.1) is 29.6 Å². The van der Waals surface area contributed by atoms with Crippen molar-refractivity contribution in [1.82, 2.24) is 5.32 Å². The SMILES string of the molecule is Cc1ccccc1CN/C=C(/C#N)C(=O)Nc1ccccc1C#N. The van der Waals surface area contributed by atoms with Crippen LogP contribution in [0.3, 0.4) is 0 Å². The number of nitrogens with zero attached hydrogens (tertiary/aromatic N) is 2. The van der Waals surface area contributed by atoms with E-state index in [4.69, 9.17) is 10.5 Å². The molecule has 0 saturated heterocycles. The number of hydrogen-bond donors (Lipinski definition) is 2. The molecule has 0 unspecified atom stereocenters. The van der Waals surface area contributed by atoms with Crippen molar-refractivity contribution in [3.05, 3.63) is 77.0 Å². The smallest absolute Gasteiger partial charge is 0.267 e. The fourth-order valence-electron chi connectivity index (χ4n) is 2.10. The fourth-order valence-corrected chi connectivity index (χ4v) is 2.10. The molecule has 0 aliphatic carbocycles. The first kappa shape index (κ1) is 16.8. The summed E-state index contributed by atoms with van der Waals surface area (Å²) in [6.07, 6.45) is 1.39. The van der Waals surface area contributed by atoms with Crippen LogP contribution >= 0.6 is 0 Å². The molecule has 0 aromatic heterocycles. The van der Waals surface area contributed by atoms with Crippen molar-refractivity contribution < 1.29 is 4.79 Å². The van der Waals surface area contributed by atoms with Gasteiger partial charge in [-0.1, -0.05) is 36.4 Å². The van der Waals surface area contributed by atoms with Crippen molar-refractivity contribution in [3.8, 4) is 12.1 Å². The zero-order valence-corrected chi connectivity index (χ0v) is 13.2. The molecule has 118 valence electrons. The number of aryl methyl sites for hydroxylation is 1. The molecule has 2 aromatic carbocycles. The van der Waals surface area contributed by atoms with Crippen LogP contribution in [-0.2, 0) is 11.3 Å². The van der Waals surface area contributed by atoms with E-state index >= 15 is 0 Å². The number of amides is 1. The molecule has 0 aliphatic heterocycles. The average molecular weight is 316 g/mol. The molecule has 0 radical (unpaired) electrons. The highest BCUT2D eigenvalue weighted by atomic mass is 16.1. The molecule has 5 nitrogen and oxygen atoms in total. The number of nitriles is 2. The van der Waals surface area contributed by atoms with Crippen LogP contribution in [0.2, 0.25) is 0 Å². The highest BCUT2D eigenvalue weighted by molar-refractivity contribution is 6.07. The zero-order chi connectivity index (χ0) is 17.4. The van der Waals surface area contributed by atoms with Gasteiger partial charge in [-0.05, 0) is 30.2 Å². The van der Waals surface area contributed by atoms with Crippen LogP contribution in [-0.4, -0.2) is 5.91 Å². The Morgan fingerprint density at radius 2 is 1.83 bits per heavy atom. The Morgan fingerprint density at radius 1 is 1.12 bits per heavy atom. The van der Waals surface area contributed by atoms with Gasteiger partial charge < -0.3 is 10.6 Å². The number of rotatable bonds is 5. The Morgan fingerprint density at radius 3 is 2.54 bits per heavy atom. The Kier molecular flexibility index (Phi) is 5.71. The van der Waals surface area contributed by atoms with Crippen LogP contribution in [0.15, 0.2) is 60.3 Å². The molecule has 0 heterocycles. The normalized spacial score (nSPS) is 10.4. The number of hydrogen-bond acceptors (Lipinski definition) is 4. The summed E-state index contributed by atoms with van der Waals surface area (Å²) in [7, 11) is 0. The van der Waals surface area contributed by atoms with E-state index in [1.54, 1.807) is 24.3 Å². The van der Waals surface area contributed by atoms with Crippen molar-refractivity contribution in [2.24, 2.45) is 0 Å². The molecular formula is C19H16N4O. The number of carbonyl (C=O) groups excluding carboxylic acids is 1. The third-order valence-corrected chi connectivity index (χ3v) is 3.46. The van der Waals surface area contributed by atoms with Gasteiger partial charge in [0.15, 0.2) is 0 Å². The second-order valence-corrected chi connectivity index (χ2v) is 5.09. The number of anilines is 1. The van der Waals surface area contributed by atoms with Gasteiger partial charge in [-0.15, -0.1) is 0 Å². The number of nitrogens with one attached hydrogen (secondary N) is 2. The summed E-state index contributed by atoms with van der Waals surface area (Å²) in [4.78, 5) is 12.2. The molecule has 2 rings (SSSR count). The molecule has 1 amide bonds. The first-order chi connectivity index (χ1) is 11.7. The van der Waals surface area contributed by atoms with E-state index in [1.807, 2.05) is 43.3 Å². The lowest BCUT2D eigenvalue weighted by Gasteiger charge is -2.07. The number of carbonyl (C=O) groups is 1. The summed E-state index contributed by atoms with van der Waals surface area (Å²) < 4.78 is 0. The second-order valence-electron chi connectivity index (χ2n) is 5.09. The highest BCUT2D eigenvalue weighted by Gasteiger charge is 2.11. The summed E-state index contributed by atoms with van der Waals surface area (Å²) in [6.45, 7) is 2.51. The van der Waals surface area contributed by atoms with E-state index in [2.05, 4.69) is 10.6 Å². The Balaban J connectivity index is 2.05. The minimum atomic E-state index is -0.558. The average Bonchev–Trinajstić information content (AvgIpc) is 2.60. The van der Waals surface area contributed by atoms with Gasteiger partial charge >= 0.3 is 0 Å². The predicted molar refractivity (Wildman–Crippen MR) is 91.5 cm³/mol. The lowest BCUT2D eigenvalue weighted by atomic mass is 10.1. The molecule has 24 heavy (non-hydrogen) atoms. The van der Waals surface area contributed by atoms with Crippen molar-refractivity contribution in [1.29, 1.82) is 10.5 Å². The highest BCUT2D eigenvalue weighted by Crippen LogP contribution is 2.14. The van der Waals surface area contributed by atoms with Crippen LogP contribution in [0.5, 0.6) is 0 Å². The van der Waals surface area contributed by atoms with Crippen LogP contribution in [0.4, 0.5) is 5.69 Å². The van der Waals surface area contributed by atoms with Crippen LogP contribution in [0.1, 0.15) is 16.7 Å². The van der Waals surface area contributed by atoms with E-state index in [0.717, 1.165) is 11.1 Å². The number of benzene rings is 2. The third kappa shape index (κ3) is 4.22. The summed E-state index contributed by atoms with van der Waals surface area (Å²) in [6, 6.07) is 18.4. The predicted octanol–water partition coefficient (Wildman–Crippen LogP) is 3.00. The molecule has 0 saturated carbocycles. The first-order valence-electron chi connectivity index (χ1n) is 7.34. The van der Waals surface area contributed by atoms with Crippen LogP contribution in [0.25, 0.3) is 0 Å². The molecule has 2 aromatic rings. The Hall–Kier alpha value is -3.57. The maximum atomic E-state index is 12.2. The molecule has 0 fully saturated rings. The monoisotopic (exact) mass is 316 g/mol. The summed E-state index contributed by atoms with van der Waals surface area (Å²) in [5.74, 6) is -0.558. The van der Waals surface area contributed by atoms with Crippen molar-refractivity contribution in [2.45, 2.75) is 13.5 Å². The third-order valence-electron chi connectivity index (χ3n) is 3.46. The van der Waals surface area contributed by atoms with Crippen LogP contribution < -0.4 is 10.6 Å². The zero-order valence-electron chi connectivity index (χ0n) is 13.2. The molecule has 5 heteroatoms.